The number of aromatic nitrogens is 2. The largest absolute Gasteiger partial charge is 0.491 e. The van der Waals surface area contributed by atoms with Crippen LogP contribution in [0, 0.1) is 19.7 Å². The number of ether oxygens (including phenoxy) is 1. The monoisotopic (exact) mass is 423 g/mol. The second kappa shape index (κ2) is 8.42. The molecule has 0 spiro atoms. The number of hydrogen-bond acceptors (Lipinski definition) is 5. The van der Waals surface area contributed by atoms with Crippen LogP contribution in [0.4, 0.5) is 4.39 Å². The molecule has 0 aliphatic rings. The fourth-order valence-electron chi connectivity index (χ4n) is 2.94. The summed E-state index contributed by atoms with van der Waals surface area (Å²) in [5.41, 5.74) is 1.79. The van der Waals surface area contributed by atoms with Gasteiger partial charge >= 0.3 is 0 Å². The average molecular weight is 424 g/mol. The summed E-state index contributed by atoms with van der Waals surface area (Å²) in [5, 5.41) is 6.43. The van der Waals surface area contributed by atoms with Crippen LogP contribution in [-0.2, 0) is 10.0 Å². The minimum Gasteiger partial charge on any atom is -0.491 e. The lowest BCUT2D eigenvalue weighted by Crippen LogP contribution is -2.32. The van der Waals surface area contributed by atoms with Crippen LogP contribution in [0.25, 0.3) is 0 Å². The zero-order chi connectivity index (χ0) is 20.3. The Morgan fingerprint density at radius 3 is 2.64 bits per heavy atom. The van der Waals surface area contributed by atoms with E-state index in [-0.39, 0.29) is 23.2 Å². The van der Waals surface area contributed by atoms with Gasteiger partial charge in [-0.25, -0.2) is 17.5 Å². The molecule has 1 unspecified atom stereocenters. The number of nitrogens with one attached hydrogen (secondary N) is 1. The summed E-state index contributed by atoms with van der Waals surface area (Å²) < 4.78 is 49.0. The Bertz CT molecular complexity index is 1050. The Balaban J connectivity index is 1.84. The quantitative estimate of drug-likeness (QED) is 0.600. The van der Waals surface area contributed by atoms with Gasteiger partial charge in [-0.2, -0.15) is 5.10 Å². The minimum atomic E-state index is -3.90. The highest BCUT2D eigenvalue weighted by atomic mass is 32.2. The van der Waals surface area contributed by atoms with E-state index in [0.717, 1.165) is 22.3 Å². The van der Waals surface area contributed by atoms with Crippen LogP contribution in [0.15, 0.2) is 46.7 Å². The highest BCUT2D eigenvalue weighted by Crippen LogP contribution is 2.25. The minimum absolute atomic E-state index is 0.0283. The lowest BCUT2D eigenvalue weighted by atomic mass is 10.2. The molecule has 0 aliphatic carbocycles. The fraction of sp³-hybridized carbons (Fsp3) is 0.316. The highest BCUT2D eigenvalue weighted by molar-refractivity contribution is 7.89. The number of sulfonamides is 1. The van der Waals surface area contributed by atoms with Crippen molar-refractivity contribution < 1.29 is 17.5 Å². The van der Waals surface area contributed by atoms with Crippen LogP contribution in [0.3, 0.4) is 0 Å². The van der Waals surface area contributed by atoms with Gasteiger partial charge in [-0.3, -0.25) is 4.68 Å². The van der Waals surface area contributed by atoms with E-state index in [9.17, 15) is 12.8 Å². The Kier molecular flexibility index (Phi) is 6.17. The molecule has 0 saturated heterocycles. The second-order valence-electron chi connectivity index (χ2n) is 6.28. The first-order chi connectivity index (χ1) is 13.3. The lowest BCUT2D eigenvalue weighted by Gasteiger charge is -2.19. The molecule has 1 aromatic carbocycles. The molecule has 0 radical (unpaired) electrons. The molecule has 28 heavy (non-hydrogen) atoms. The molecule has 3 rings (SSSR count). The van der Waals surface area contributed by atoms with E-state index in [0.29, 0.717) is 6.61 Å². The highest BCUT2D eigenvalue weighted by Gasteiger charge is 2.23. The average Bonchev–Trinajstić information content (AvgIpc) is 3.27. The molecule has 9 heteroatoms. The molecule has 3 aromatic rings. The van der Waals surface area contributed by atoms with Crippen molar-refractivity contribution in [1.82, 2.24) is 14.5 Å². The smallest absolute Gasteiger partial charge is 0.240 e. The standard InChI is InChI=1S/C19H22FN3O3S2/c1-4-26-18-8-7-15(11-16(18)20)28(24,25)21-12-17(19-6-5-9-27-19)23-14(3)10-13(2)22-23/h5-11,17,21H,4,12H2,1-3H3. The Morgan fingerprint density at radius 2 is 2.07 bits per heavy atom. The zero-order valence-electron chi connectivity index (χ0n) is 15.8. The number of benzene rings is 1. The molecule has 2 heterocycles. The van der Waals surface area contributed by atoms with Gasteiger partial charge in [0.05, 0.1) is 23.2 Å². The van der Waals surface area contributed by atoms with Gasteiger partial charge in [0.15, 0.2) is 11.6 Å². The van der Waals surface area contributed by atoms with Crippen molar-refractivity contribution in [1.29, 1.82) is 0 Å². The van der Waals surface area contributed by atoms with Gasteiger partial charge in [-0.1, -0.05) is 6.07 Å². The number of rotatable bonds is 8. The number of thiophene rings is 1. The maximum absolute atomic E-state index is 14.1. The van der Waals surface area contributed by atoms with Gasteiger partial charge in [0.1, 0.15) is 0 Å². The Morgan fingerprint density at radius 1 is 1.29 bits per heavy atom. The molecule has 1 N–H and O–H groups in total. The van der Waals surface area contributed by atoms with Gasteiger partial charge in [-0.15, -0.1) is 11.3 Å². The second-order valence-corrected chi connectivity index (χ2v) is 9.03. The van der Waals surface area contributed by atoms with Crippen molar-refractivity contribution in [3.8, 4) is 5.75 Å². The van der Waals surface area contributed by atoms with Gasteiger partial charge in [-0.05, 0) is 56.5 Å². The first-order valence-electron chi connectivity index (χ1n) is 8.80. The number of halogens is 1. The zero-order valence-corrected chi connectivity index (χ0v) is 17.5. The van der Waals surface area contributed by atoms with E-state index in [4.69, 9.17) is 4.74 Å². The van der Waals surface area contributed by atoms with Crippen molar-refractivity contribution in [2.75, 3.05) is 13.2 Å². The molecule has 0 saturated carbocycles. The SMILES string of the molecule is CCOc1ccc(S(=O)(=O)NCC(c2cccs2)n2nc(C)cc2C)cc1F. The topological polar surface area (TPSA) is 73.2 Å². The van der Waals surface area contributed by atoms with Crippen molar-refractivity contribution in [2.45, 2.75) is 31.7 Å². The first-order valence-corrected chi connectivity index (χ1v) is 11.2. The predicted octanol–water partition coefficient (Wildman–Crippen LogP) is 3.67. The third-order valence-electron chi connectivity index (χ3n) is 4.19. The molecule has 0 aliphatic heterocycles. The van der Waals surface area contributed by atoms with E-state index >= 15 is 0 Å². The maximum Gasteiger partial charge on any atom is 0.240 e. The molecular formula is C19H22FN3O3S2. The van der Waals surface area contributed by atoms with Gasteiger partial charge in [0, 0.05) is 17.1 Å². The fourth-order valence-corrected chi connectivity index (χ4v) is 4.80. The summed E-state index contributed by atoms with van der Waals surface area (Å²) >= 11 is 1.53. The van der Waals surface area contributed by atoms with Gasteiger partial charge in [0.25, 0.3) is 0 Å². The molecule has 1 atom stereocenters. The van der Waals surface area contributed by atoms with Gasteiger partial charge in [0.2, 0.25) is 10.0 Å². The van der Waals surface area contributed by atoms with E-state index in [1.165, 1.54) is 23.5 Å². The third-order valence-corrected chi connectivity index (χ3v) is 6.59. The summed E-state index contributed by atoms with van der Waals surface area (Å²) in [6.07, 6.45) is 0. The summed E-state index contributed by atoms with van der Waals surface area (Å²) in [5.74, 6) is -0.682. The summed E-state index contributed by atoms with van der Waals surface area (Å²) in [7, 11) is -3.90. The Hall–Kier alpha value is -2.23. The predicted molar refractivity (Wildman–Crippen MR) is 107 cm³/mol. The molecule has 0 bridgehead atoms. The summed E-state index contributed by atoms with van der Waals surface area (Å²) in [4.78, 5) is 0.832. The number of nitrogens with zero attached hydrogens (tertiary/aromatic N) is 2. The summed E-state index contributed by atoms with van der Waals surface area (Å²) in [6.45, 7) is 5.94. The van der Waals surface area contributed by atoms with E-state index < -0.39 is 15.8 Å². The van der Waals surface area contributed by atoms with Gasteiger partial charge < -0.3 is 4.74 Å². The third kappa shape index (κ3) is 4.43. The maximum atomic E-state index is 14.1. The van der Waals surface area contributed by atoms with Crippen LogP contribution in [-0.4, -0.2) is 31.3 Å². The molecular weight excluding hydrogens is 401 g/mol. The Labute approximate surface area is 168 Å². The van der Waals surface area contributed by atoms with Crippen LogP contribution < -0.4 is 9.46 Å². The van der Waals surface area contributed by atoms with Crippen LogP contribution >= 0.6 is 11.3 Å². The number of hydrogen-bond donors (Lipinski definition) is 1. The molecule has 0 fully saturated rings. The van der Waals surface area contributed by atoms with E-state index in [2.05, 4.69) is 9.82 Å². The normalized spacial score (nSPS) is 12.9. The van der Waals surface area contributed by atoms with E-state index in [1.807, 2.05) is 42.1 Å². The van der Waals surface area contributed by atoms with Crippen LogP contribution in [0.1, 0.15) is 29.2 Å². The molecule has 2 aromatic heterocycles. The first kappa shape index (κ1) is 20.5. The lowest BCUT2D eigenvalue weighted by molar-refractivity contribution is 0.321. The number of aryl methyl sites for hydroxylation is 2. The van der Waals surface area contributed by atoms with Crippen molar-refractivity contribution in [3.63, 3.8) is 0 Å². The van der Waals surface area contributed by atoms with Crippen molar-refractivity contribution >= 4 is 21.4 Å². The molecule has 0 amide bonds. The van der Waals surface area contributed by atoms with Crippen LogP contribution in [0.5, 0.6) is 5.75 Å². The van der Waals surface area contributed by atoms with Crippen molar-refractivity contribution in [2.24, 2.45) is 0 Å². The van der Waals surface area contributed by atoms with E-state index in [1.54, 1.807) is 6.92 Å². The molecule has 150 valence electrons. The van der Waals surface area contributed by atoms with Crippen molar-refractivity contribution in [3.05, 3.63) is 63.9 Å². The van der Waals surface area contributed by atoms with Crippen LogP contribution in [0.2, 0.25) is 0 Å². The summed E-state index contributed by atoms with van der Waals surface area (Å²) in [6, 6.07) is 9.13. The molecule has 6 nitrogen and oxygen atoms in total.